The van der Waals surface area contributed by atoms with E-state index in [0.717, 1.165) is 11.8 Å². The van der Waals surface area contributed by atoms with E-state index < -0.39 is 0 Å². The number of fused-ring (bicyclic) bond motifs is 1. The molecule has 2 rings (SSSR count). The summed E-state index contributed by atoms with van der Waals surface area (Å²) in [5.41, 5.74) is 6.41. The predicted octanol–water partition coefficient (Wildman–Crippen LogP) is 2.60. The van der Waals surface area contributed by atoms with Gasteiger partial charge in [-0.05, 0) is 29.8 Å². The molecule has 0 fully saturated rings. The van der Waals surface area contributed by atoms with Crippen molar-refractivity contribution in [1.29, 1.82) is 0 Å². The predicted molar refractivity (Wildman–Crippen MR) is 62.8 cm³/mol. The summed E-state index contributed by atoms with van der Waals surface area (Å²) >= 11 is 5.89. The molecule has 0 saturated carbocycles. The van der Waals surface area contributed by atoms with Crippen LogP contribution in [0.1, 0.15) is 13.3 Å². The van der Waals surface area contributed by atoms with E-state index in [2.05, 4.69) is 5.16 Å². The number of hydrogen-bond acceptors (Lipinski definition) is 4. The van der Waals surface area contributed by atoms with E-state index in [9.17, 15) is 0 Å². The van der Waals surface area contributed by atoms with Crippen molar-refractivity contribution in [3.05, 3.63) is 23.2 Å². The monoisotopic (exact) mass is 240 g/mol. The quantitative estimate of drug-likeness (QED) is 0.892. The number of nitrogens with zero attached hydrogens (tertiary/aromatic N) is 1. The Kier molecular flexibility index (Phi) is 3.31. The number of hydrogen-bond donors (Lipinski definition) is 1. The van der Waals surface area contributed by atoms with Crippen LogP contribution in [0.15, 0.2) is 22.7 Å². The third kappa shape index (κ3) is 2.28. The van der Waals surface area contributed by atoms with Crippen LogP contribution in [0.25, 0.3) is 11.0 Å². The Hall–Kier alpha value is -1.26. The Labute approximate surface area is 98.3 Å². The molecule has 1 atom stereocenters. The van der Waals surface area contributed by atoms with Crippen LogP contribution in [0.5, 0.6) is 5.88 Å². The lowest BCUT2D eigenvalue weighted by Gasteiger charge is -2.08. The Morgan fingerprint density at radius 1 is 1.56 bits per heavy atom. The molecule has 1 unspecified atom stereocenters. The van der Waals surface area contributed by atoms with E-state index in [1.54, 1.807) is 18.2 Å². The molecule has 4 nitrogen and oxygen atoms in total. The zero-order chi connectivity index (χ0) is 11.5. The molecule has 1 aromatic heterocycles. The first-order valence-electron chi connectivity index (χ1n) is 5.14. The highest BCUT2D eigenvalue weighted by Gasteiger charge is 2.10. The summed E-state index contributed by atoms with van der Waals surface area (Å²) in [6.07, 6.45) is 0.858. The Bertz CT molecular complexity index is 484. The van der Waals surface area contributed by atoms with Gasteiger partial charge in [-0.2, -0.15) is 0 Å². The Morgan fingerprint density at radius 2 is 2.38 bits per heavy atom. The minimum Gasteiger partial charge on any atom is -0.473 e. The Morgan fingerprint density at radius 3 is 3.12 bits per heavy atom. The summed E-state index contributed by atoms with van der Waals surface area (Å²) < 4.78 is 10.6. The first-order chi connectivity index (χ1) is 7.70. The van der Waals surface area contributed by atoms with Gasteiger partial charge in [0, 0.05) is 11.1 Å². The molecule has 16 heavy (non-hydrogen) atoms. The van der Waals surface area contributed by atoms with Gasteiger partial charge in [-0.3, -0.25) is 0 Å². The highest BCUT2D eigenvalue weighted by Crippen LogP contribution is 2.27. The lowest BCUT2D eigenvalue weighted by Crippen LogP contribution is -2.26. The van der Waals surface area contributed by atoms with Gasteiger partial charge in [0.1, 0.15) is 6.61 Å². The molecule has 0 radical (unpaired) electrons. The second-order valence-electron chi connectivity index (χ2n) is 3.61. The van der Waals surface area contributed by atoms with Crippen LogP contribution in [-0.4, -0.2) is 17.8 Å². The lowest BCUT2D eigenvalue weighted by molar-refractivity contribution is 0.260. The van der Waals surface area contributed by atoms with Gasteiger partial charge in [-0.15, -0.1) is 0 Å². The van der Waals surface area contributed by atoms with Crippen LogP contribution in [0.3, 0.4) is 0 Å². The molecule has 0 spiro atoms. The second-order valence-corrected chi connectivity index (χ2v) is 4.04. The zero-order valence-corrected chi connectivity index (χ0v) is 9.70. The summed E-state index contributed by atoms with van der Waals surface area (Å²) in [7, 11) is 0. The molecule has 0 amide bonds. The summed E-state index contributed by atoms with van der Waals surface area (Å²) in [5.74, 6) is 0.446. The molecule has 0 saturated heterocycles. The van der Waals surface area contributed by atoms with Crippen LogP contribution in [0, 0.1) is 0 Å². The molecule has 0 aliphatic rings. The van der Waals surface area contributed by atoms with Crippen molar-refractivity contribution >= 4 is 22.6 Å². The standard InChI is InChI=1S/C11H13ClN2O2/c1-2-8(13)6-15-11-9-5-7(12)3-4-10(9)16-14-11/h3-5,8H,2,6,13H2,1H3. The van der Waals surface area contributed by atoms with E-state index in [-0.39, 0.29) is 6.04 Å². The molecule has 86 valence electrons. The highest BCUT2D eigenvalue weighted by atomic mass is 35.5. The average Bonchev–Trinajstić information content (AvgIpc) is 2.68. The molecule has 5 heteroatoms. The van der Waals surface area contributed by atoms with E-state index in [0.29, 0.717) is 23.1 Å². The fourth-order valence-corrected chi connectivity index (χ4v) is 1.47. The van der Waals surface area contributed by atoms with Gasteiger partial charge < -0.3 is 15.0 Å². The number of nitrogens with two attached hydrogens (primary N) is 1. The molecule has 1 heterocycles. The molecule has 1 aromatic carbocycles. The van der Waals surface area contributed by atoms with E-state index in [4.69, 9.17) is 26.6 Å². The largest absolute Gasteiger partial charge is 0.473 e. The van der Waals surface area contributed by atoms with Gasteiger partial charge in [0.2, 0.25) is 0 Å². The number of ether oxygens (including phenoxy) is 1. The van der Waals surface area contributed by atoms with Crippen molar-refractivity contribution < 1.29 is 9.26 Å². The third-order valence-corrected chi connectivity index (χ3v) is 2.59. The lowest BCUT2D eigenvalue weighted by atomic mass is 10.2. The maximum Gasteiger partial charge on any atom is 0.262 e. The SMILES string of the molecule is CCC(N)COc1noc2ccc(Cl)cc12. The van der Waals surface area contributed by atoms with Gasteiger partial charge in [0.25, 0.3) is 5.88 Å². The average molecular weight is 241 g/mol. The Balaban J connectivity index is 2.21. The van der Waals surface area contributed by atoms with Gasteiger partial charge in [0.15, 0.2) is 5.58 Å². The molecule has 2 aromatic rings. The molecular formula is C11H13ClN2O2. The highest BCUT2D eigenvalue weighted by molar-refractivity contribution is 6.31. The van der Waals surface area contributed by atoms with Gasteiger partial charge in [0.05, 0.1) is 5.39 Å². The maximum absolute atomic E-state index is 5.89. The third-order valence-electron chi connectivity index (χ3n) is 2.36. The number of halogens is 1. The van der Waals surface area contributed by atoms with Crippen molar-refractivity contribution in [3.63, 3.8) is 0 Å². The van der Waals surface area contributed by atoms with Crippen LogP contribution >= 0.6 is 11.6 Å². The maximum atomic E-state index is 5.89. The van der Waals surface area contributed by atoms with Crippen molar-refractivity contribution in [3.8, 4) is 5.88 Å². The summed E-state index contributed by atoms with van der Waals surface area (Å²) in [4.78, 5) is 0. The molecule has 0 aliphatic carbocycles. The second kappa shape index (κ2) is 4.72. The van der Waals surface area contributed by atoms with Gasteiger partial charge in [-0.1, -0.05) is 18.5 Å². The number of rotatable bonds is 4. The minimum absolute atomic E-state index is 0.00549. The van der Waals surface area contributed by atoms with Crippen LogP contribution in [0.2, 0.25) is 5.02 Å². The van der Waals surface area contributed by atoms with Crippen LogP contribution < -0.4 is 10.5 Å². The first kappa shape index (κ1) is 11.2. The molecule has 0 aliphatic heterocycles. The number of aromatic nitrogens is 1. The van der Waals surface area contributed by atoms with E-state index in [1.807, 2.05) is 6.92 Å². The van der Waals surface area contributed by atoms with Crippen LogP contribution in [-0.2, 0) is 0 Å². The molecule has 2 N–H and O–H groups in total. The molecule has 0 bridgehead atoms. The van der Waals surface area contributed by atoms with Gasteiger partial charge in [-0.25, -0.2) is 0 Å². The fraction of sp³-hybridized carbons (Fsp3) is 0.364. The first-order valence-corrected chi connectivity index (χ1v) is 5.52. The van der Waals surface area contributed by atoms with E-state index in [1.165, 1.54) is 0 Å². The normalized spacial score (nSPS) is 12.9. The summed E-state index contributed by atoms with van der Waals surface area (Å²) in [5, 5.41) is 5.23. The van der Waals surface area contributed by atoms with Crippen molar-refractivity contribution in [2.24, 2.45) is 5.73 Å². The zero-order valence-electron chi connectivity index (χ0n) is 8.94. The number of benzene rings is 1. The van der Waals surface area contributed by atoms with E-state index >= 15 is 0 Å². The van der Waals surface area contributed by atoms with Gasteiger partial charge >= 0.3 is 0 Å². The molecular weight excluding hydrogens is 228 g/mol. The summed E-state index contributed by atoms with van der Waals surface area (Å²) in [6, 6.07) is 5.28. The topological polar surface area (TPSA) is 61.3 Å². The fourth-order valence-electron chi connectivity index (χ4n) is 1.30. The minimum atomic E-state index is 0.00549. The van der Waals surface area contributed by atoms with Crippen LogP contribution in [0.4, 0.5) is 0 Å². The smallest absolute Gasteiger partial charge is 0.262 e. The van der Waals surface area contributed by atoms with Crippen molar-refractivity contribution in [2.75, 3.05) is 6.61 Å². The van der Waals surface area contributed by atoms with Crippen molar-refractivity contribution in [1.82, 2.24) is 5.16 Å². The van der Waals surface area contributed by atoms with Crippen molar-refractivity contribution in [2.45, 2.75) is 19.4 Å². The summed E-state index contributed by atoms with van der Waals surface area (Å²) in [6.45, 7) is 2.43.